The van der Waals surface area contributed by atoms with Crippen LogP contribution in [0, 0.1) is 0 Å². The summed E-state index contributed by atoms with van der Waals surface area (Å²) in [5.41, 5.74) is 2.20. The first-order valence-electron chi connectivity index (χ1n) is 8.20. The topological polar surface area (TPSA) is 67.0 Å². The van der Waals surface area contributed by atoms with E-state index in [2.05, 4.69) is 27.4 Å². The molecule has 0 saturated heterocycles. The van der Waals surface area contributed by atoms with E-state index >= 15 is 0 Å². The number of nitrogens with one attached hydrogen (secondary N) is 2. The Hall–Kier alpha value is -3.08. The Morgan fingerprint density at radius 3 is 2.48 bits per heavy atom. The van der Waals surface area contributed by atoms with E-state index in [-0.39, 0.29) is 11.8 Å². The smallest absolute Gasteiger partial charge is 0.221 e. The van der Waals surface area contributed by atoms with E-state index in [1.807, 2.05) is 42.5 Å². The summed E-state index contributed by atoms with van der Waals surface area (Å²) >= 11 is 0. The Balaban J connectivity index is 1.75. The Labute approximate surface area is 147 Å². The molecule has 1 unspecified atom stereocenters. The van der Waals surface area contributed by atoms with Crippen molar-refractivity contribution >= 4 is 5.91 Å². The molecule has 1 aromatic heterocycles. The van der Waals surface area contributed by atoms with Crippen molar-refractivity contribution in [3.05, 3.63) is 83.9 Å². The van der Waals surface area contributed by atoms with E-state index in [0.717, 1.165) is 22.7 Å². The number of nitrogens with zero attached hydrogens (tertiary/aromatic N) is 1. The minimum Gasteiger partial charge on any atom is -0.497 e. The maximum atomic E-state index is 12.4. The largest absolute Gasteiger partial charge is 0.497 e. The van der Waals surface area contributed by atoms with Crippen molar-refractivity contribution in [3.63, 3.8) is 0 Å². The number of carbonyl (C=O) groups excluding carboxylic acids is 1. The molecule has 5 nitrogen and oxygen atoms in total. The second-order valence-electron chi connectivity index (χ2n) is 5.75. The number of H-pyrrole nitrogens is 1. The summed E-state index contributed by atoms with van der Waals surface area (Å²) in [4.78, 5) is 19.5. The molecule has 0 radical (unpaired) electrons. The van der Waals surface area contributed by atoms with Crippen molar-refractivity contribution in [2.24, 2.45) is 0 Å². The molecule has 2 aromatic carbocycles. The van der Waals surface area contributed by atoms with Crippen LogP contribution in [0.15, 0.2) is 67.0 Å². The molecule has 2 N–H and O–H groups in total. The quantitative estimate of drug-likeness (QED) is 0.696. The summed E-state index contributed by atoms with van der Waals surface area (Å²) in [6.07, 6.45) is 3.79. The average Bonchev–Trinajstić information content (AvgIpc) is 3.19. The molecule has 25 heavy (non-hydrogen) atoms. The number of benzene rings is 2. The van der Waals surface area contributed by atoms with Crippen LogP contribution in [0.25, 0.3) is 0 Å². The molecule has 1 heterocycles. The molecule has 0 aliphatic heterocycles. The summed E-state index contributed by atoms with van der Waals surface area (Å²) in [5.74, 6) is 1.52. The van der Waals surface area contributed by atoms with Gasteiger partial charge in [0.05, 0.1) is 13.7 Å². The van der Waals surface area contributed by atoms with Crippen LogP contribution >= 0.6 is 0 Å². The number of hydrogen-bond acceptors (Lipinski definition) is 3. The van der Waals surface area contributed by atoms with Gasteiger partial charge in [-0.1, -0.05) is 42.5 Å². The molecule has 0 spiro atoms. The number of ether oxygens (including phenoxy) is 1. The van der Waals surface area contributed by atoms with Gasteiger partial charge < -0.3 is 15.0 Å². The zero-order valence-electron chi connectivity index (χ0n) is 14.1. The molecular formula is C20H21N3O2. The highest BCUT2D eigenvalue weighted by atomic mass is 16.5. The van der Waals surface area contributed by atoms with E-state index < -0.39 is 0 Å². The summed E-state index contributed by atoms with van der Waals surface area (Å²) < 4.78 is 5.23. The number of carbonyl (C=O) groups is 1. The Morgan fingerprint density at radius 1 is 1.12 bits per heavy atom. The van der Waals surface area contributed by atoms with Crippen LogP contribution in [0.1, 0.15) is 29.3 Å². The van der Waals surface area contributed by atoms with Crippen LogP contribution in [-0.2, 0) is 11.3 Å². The summed E-state index contributed by atoms with van der Waals surface area (Å²) in [5, 5.41) is 2.92. The second-order valence-corrected chi connectivity index (χ2v) is 5.75. The lowest BCUT2D eigenvalue weighted by atomic mass is 9.88. The van der Waals surface area contributed by atoms with Crippen LogP contribution < -0.4 is 10.1 Å². The van der Waals surface area contributed by atoms with Crippen LogP contribution in [-0.4, -0.2) is 23.0 Å². The third-order valence-electron chi connectivity index (χ3n) is 4.12. The van der Waals surface area contributed by atoms with Crippen LogP contribution in [0.5, 0.6) is 5.75 Å². The van der Waals surface area contributed by atoms with Crippen molar-refractivity contribution in [3.8, 4) is 5.75 Å². The lowest BCUT2D eigenvalue weighted by Gasteiger charge is -2.18. The van der Waals surface area contributed by atoms with Gasteiger partial charge in [0, 0.05) is 24.7 Å². The molecule has 0 aliphatic carbocycles. The predicted molar refractivity (Wildman–Crippen MR) is 96.3 cm³/mol. The highest BCUT2D eigenvalue weighted by Gasteiger charge is 2.18. The standard InChI is InChI=1S/C20H21N3O2/c1-25-17-9-7-16(8-10-17)18(15-5-3-2-4-6-15)13-20(24)23-14-19-21-11-12-22-19/h2-12,18H,13-14H2,1H3,(H,21,22)(H,23,24). The minimum atomic E-state index is -0.0129. The molecule has 3 aromatic rings. The monoisotopic (exact) mass is 335 g/mol. The molecule has 1 atom stereocenters. The third-order valence-corrected chi connectivity index (χ3v) is 4.12. The molecule has 128 valence electrons. The van der Waals surface area contributed by atoms with Crippen molar-refractivity contribution in [2.45, 2.75) is 18.9 Å². The minimum absolute atomic E-state index is 0.0105. The molecular weight excluding hydrogens is 314 g/mol. The van der Waals surface area contributed by atoms with E-state index in [0.29, 0.717) is 13.0 Å². The normalized spacial score (nSPS) is 11.7. The first-order valence-corrected chi connectivity index (χ1v) is 8.20. The maximum absolute atomic E-state index is 12.4. The first-order chi connectivity index (χ1) is 12.3. The lowest BCUT2D eigenvalue weighted by molar-refractivity contribution is -0.121. The summed E-state index contributed by atoms with van der Waals surface area (Å²) in [6.45, 7) is 0.399. The SMILES string of the molecule is COc1ccc(C(CC(=O)NCc2ncc[nH]2)c2ccccc2)cc1. The highest BCUT2D eigenvalue weighted by Crippen LogP contribution is 2.29. The van der Waals surface area contributed by atoms with Crippen molar-refractivity contribution < 1.29 is 9.53 Å². The van der Waals surface area contributed by atoms with Gasteiger partial charge in [0.15, 0.2) is 0 Å². The van der Waals surface area contributed by atoms with Gasteiger partial charge in [-0.25, -0.2) is 4.98 Å². The zero-order valence-corrected chi connectivity index (χ0v) is 14.1. The number of rotatable bonds is 7. The van der Waals surface area contributed by atoms with Crippen LogP contribution in [0.2, 0.25) is 0 Å². The van der Waals surface area contributed by atoms with E-state index in [9.17, 15) is 4.79 Å². The third kappa shape index (κ3) is 4.47. The van der Waals surface area contributed by atoms with Crippen molar-refractivity contribution in [1.82, 2.24) is 15.3 Å². The molecule has 0 fully saturated rings. The fourth-order valence-corrected chi connectivity index (χ4v) is 2.78. The van der Waals surface area contributed by atoms with Gasteiger partial charge in [-0.05, 0) is 23.3 Å². The maximum Gasteiger partial charge on any atom is 0.221 e. The number of hydrogen-bond donors (Lipinski definition) is 2. The Bertz CT molecular complexity index is 784. The molecule has 0 aliphatic rings. The van der Waals surface area contributed by atoms with Gasteiger partial charge in [-0.15, -0.1) is 0 Å². The van der Waals surface area contributed by atoms with Crippen LogP contribution in [0.3, 0.4) is 0 Å². The molecule has 5 heteroatoms. The fraction of sp³-hybridized carbons (Fsp3) is 0.200. The van der Waals surface area contributed by atoms with Gasteiger partial charge in [0.2, 0.25) is 5.91 Å². The van der Waals surface area contributed by atoms with Crippen molar-refractivity contribution in [2.75, 3.05) is 7.11 Å². The highest BCUT2D eigenvalue weighted by molar-refractivity contribution is 5.77. The van der Waals surface area contributed by atoms with Crippen LogP contribution in [0.4, 0.5) is 0 Å². The zero-order chi connectivity index (χ0) is 17.5. The number of amides is 1. The van der Waals surface area contributed by atoms with Gasteiger partial charge in [-0.3, -0.25) is 4.79 Å². The summed E-state index contributed by atoms with van der Waals surface area (Å²) in [7, 11) is 1.64. The van der Waals surface area contributed by atoms with Crippen molar-refractivity contribution in [1.29, 1.82) is 0 Å². The summed E-state index contributed by atoms with van der Waals surface area (Å²) in [6, 6.07) is 17.9. The van der Waals surface area contributed by atoms with Gasteiger partial charge in [0.25, 0.3) is 0 Å². The number of imidazole rings is 1. The molecule has 3 rings (SSSR count). The predicted octanol–water partition coefficient (Wildman–Crippen LogP) is 3.26. The van der Waals surface area contributed by atoms with E-state index in [1.54, 1.807) is 19.5 Å². The van der Waals surface area contributed by atoms with E-state index in [4.69, 9.17) is 4.74 Å². The van der Waals surface area contributed by atoms with Gasteiger partial charge in [0.1, 0.15) is 11.6 Å². The van der Waals surface area contributed by atoms with Gasteiger partial charge >= 0.3 is 0 Å². The first kappa shape index (κ1) is 16.8. The van der Waals surface area contributed by atoms with Gasteiger partial charge in [-0.2, -0.15) is 0 Å². The molecule has 0 saturated carbocycles. The average molecular weight is 335 g/mol. The molecule has 1 amide bonds. The Kier molecular flexibility index (Phi) is 5.46. The van der Waals surface area contributed by atoms with E-state index in [1.165, 1.54) is 0 Å². The number of aromatic nitrogens is 2. The number of methoxy groups -OCH3 is 1. The molecule has 0 bridgehead atoms. The fourth-order valence-electron chi connectivity index (χ4n) is 2.78. The Morgan fingerprint density at radius 2 is 1.84 bits per heavy atom. The number of aromatic amines is 1. The second kappa shape index (κ2) is 8.15. The lowest BCUT2D eigenvalue weighted by Crippen LogP contribution is -2.25.